The van der Waals surface area contributed by atoms with E-state index in [4.69, 9.17) is 4.98 Å². The van der Waals surface area contributed by atoms with E-state index >= 15 is 0 Å². The minimum Gasteiger partial charge on any atom is -0.268 e. The number of rotatable bonds is 2. The van der Waals surface area contributed by atoms with Crippen LogP contribution in [-0.2, 0) is 0 Å². The van der Waals surface area contributed by atoms with Crippen molar-refractivity contribution in [3.8, 4) is 0 Å². The molecule has 0 N–H and O–H groups in total. The van der Waals surface area contributed by atoms with Gasteiger partial charge in [-0.1, -0.05) is 45.3 Å². The van der Waals surface area contributed by atoms with Crippen LogP contribution in [0.1, 0.15) is 0 Å². The molecule has 0 aromatic carbocycles. The fourth-order valence-corrected chi connectivity index (χ4v) is 3.49. The molecule has 0 radical (unpaired) electrons. The van der Waals surface area contributed by atoms with Crippen LogP contribution in [0.2, 0.25) is 39.3 Å². The Morgan fingerprint density at radius 3 is 1.43 bits per heavy atom. The van der Waals surface area contributed by atoms with Crippen molar-refractivity contribution in [2.45, 2.75) is 39.3 Å². The molecule has 0 unspecified atom stereocenters. The summed E-state index contributed by atoms with van der Waals surface area (Å²) in [4.78, 5) is 4.84. The minimum absolute atomic E-state index is 1.23. The van der Waals surface area contributed by atoms with Gasteiger partial charge in [0.05, 0.1) is 0 Å². The number of aromatic nitrogens is 1. The molecule has 0 amide bonds. The van der Waals surface area contributed by atoms with E-state index in [1.165, 1.54) is 10.6 Å². The van der Waals surface area contributed by atoms with Crippen LogP contribution in [0, 0.1) is 0 Å². The van der Waals surface area contributed by atoms with E-state index in [1.807, 2.05) is 0 Å². The molecule has 3 heteroatoms. The molecule has 1 aromatic heterocycles. The highest BCUT2D eigenvalue weighted by Crippen LogP contribution is 2.02. The molecule has 0 aliphatic heterocycles. The van der Waals surface area contributed by atoms with Gasteiger partial charge < -0.3 is 0 Å². The lowest BCUT2D eigenvalue weighted by molar-refractivity contribution is 1.39. The number of pyridine rings is 1. The quantitative estimate of drug-likeness (QED) is 0.700. The summed E-state index contributed by atoms with van der Waals surface area (Å²) in [5.41, 5.74) is 0. The molecule has 0 fully saturated rings. The monoisotopic (exact) mass is 223 g/mol. The molecule has 14 heavy (non-hydrogen) atoms. The van der Waals surface area contributed by atoms with Crippen molar-refractivity contribution in [2.75, 3.05) is 0 Å². The Hall–Kier alpha value is -0.416. The van der Waals surface area contributed by atoms with Crippen molar-refractivity contribution in [1.82, 2.24) is 4.98 Å². The fraction of sp³-hybridized carbons (Fsp3) is 0.545. The highest BCUT2D eigenvalue weighted by Gasteiger charge is 2.22. The summed E-state index contributed by atoms with van der Waals surface area (Å²) in [5.74, 6) is 0. The van der Waals surface area contributed by atoms with E-state index in [0.29, 0.717) is 0 Å². The zero-order valence-electron chi connectivity index (χ0n) is 10.2. The van der Waals surface area contributed by atoms with E-state index < -0.39 is 16.1 Å². The van der Waals surface area contributed by atoms with Gasteiger partial charge in [0.25, 0.3) is 0 Å². The lowest BCUT2D eigenvalue weighted by atomic mass is 10.5. The number of hydrogen-bond donors (Lipinski definition) is 0. The highest BCUT2D eigenvalue weighted by molar-refractivity contribution is 6.90. The minimum atomic E-state index is -1.23. The zero-order chi connectivity index (χ0) is 11.0. The third kappa shape index (κ3) is 2.79. The Kier molecular flexibility index (Phi) is 3.02. The Balaban J connectivity index is 3.15. The second kappa shape index (κ2) is 3.62. The molecule has 0 atom stereocenters. The Labute approximate surface area is 89.6 Å². The normalized spacial score (nSPS) is 13.0. The van der Waals surface area contributed by atoms with Gasteiger partial charge in [-0.15, -0.1) is 0 Å². The van der Waals surface area contributed by atoms with Gasteiger partial charge in [-0.25, -0.2) is 0 Å². The molecular formula is C11H21NSi2. The molecule has 1 heterocycles. The maximum atomic E-state index is 4.84. The smallest absolute Gasteiger partial charge is 0.101 e. The van der Waals surface area contributed by atoms with E-state index in [9.17, 15) is 0 Å². The fourth-order valence-electron chi connectivity index (χ4n) is 1.27. The van der Waals surface area contributed by atoms with Gasteiger partial charge >= 0.3 is 0 Å². The highest BCUT2D eigenvalue weighted by atomic mass is 28.3. The van der Waals surface area contributed by atoms with Gasteiger partial charge in [0, 0.05) is 10.6 Å². The Morgan fingerprint density at radius 2 is 1.14 bits per heavy atom. The van der Waals surface area contributed by atoms with Gasteiger partial charge in [-0.2, -0.15) is 0 Å². The van der Waals surface area contributed by atoms with Gasteiger partial charge in [0.2, 0.25) is 0 Å². The topological polar surface area (TPSA) is 12.9 Å². The summed E-state index contributed by atoms with van der Waals surface area (Å²) in [5, 5.41) is 2.69. The first kappa shape index (κ1) is 11.7. The maximum Gasteiger partial charge on any atom is 0.101 e. The molecule has 1 aromatic rings. The Morgan fingerprint density at radius 1 is 0.786 bits per heavy atom. The zero-order valence-corrected chi connectivity index (χ0v) is 12.2. The SMILES string of the molecule is C[Si](C)(C)c1cccc([Si](C)(C)C)n1. The third-order valence-electron chi connectivity index (χ3n) is 2.29. The summed E-state index contributed by atoms with van der Waals surface area (Å²) in [6, 6.07) is 6.56. The third-order valence-corrected chi connectivity index (χ3v) is 5.92. The maximum absolute atomic E-state index is 4.84. The van der Waals surface area contributed by atoms with Crippen LogP contribution in [0.25, 0.3) is 0 Å². The second-order valence-corrected chi connectivity index (χ2v) is 15.9. The Bertz CT molecular complexity index is 292. The average molecular weight is 223 g/mol. The predicted octanol–water partition coefficient (Wildman–Crippen LogP) is 2.17. The summed E-state index contributed by atoms with van der Waals surface area (Å²) in [6.45, 7) is 14.1. The molecular weight excluding hydrogens is 202 g/mol. The first-order chi connectivity index (χ1) is 6.21. The van der Waals surface area contributed by atoms with Gasteiger partial charge in [-0.05, 0) is 12.1 Å². The van der Waals surface area contributed by atoms with Crippen molar-refractivity contribution in [3.63, 3.8) is 0 Å². The van der Waals surface area contributed by atoms with Crippen molar-refractivity contribution in [3.05, 3.63) is 18.2 Å². The van der Waals surface area contributed by atoms with E-state index in [0.717, 1.165) is 0 Å². The molecule has 0 spiro atoms. The molecule has 0 saturated heterocycles. The van der Waals surface area contributed by atoms with Crippen LogP contribution in [0.5, 0.6) is 0 Å². The standard InChI is InChI=1S/C11H21NSi2/c1-13(2,3)10-8-7-9-11(12-10)14(4,5)6/h7-9H,1-6H3. The first-order valence-corrected chi connectivity index (χ1v) is 12.2. The first-order valence-electron chi connectivity index (χ1n) is 5.19. The van der Waals surface area contributed by atoms with Crippen LogP contribution in [0.4, 0.5) is 0 Å². The van der Waals surface area contributed by atoms with Crippen molar-refractivity contribution in [1.29, 1.82) is 0 Å². The molecule has 0 bridgehead atoms. The van der Waals surface area contributed by atoms with E-state index in [1.54, 1.807) is 0 Å². The van der Waals surface area contributed by atoms with Crippen LogP contribution < -0.4 is 10.6 Å². The molecule has 0 saturated carbocycles. The summed E-state index contributed by atoms with van der Waals surface area (Å²) in [6.07, 6.45) is 0. The van der Waals surface area contributed by atoms with Crippen molar-refractivity contribution in [2.24, 2.45) is 0 Å². The molecule has 78 valence electrons. The average Bonchev–Trinajstić information content (AvgIpc) is 2.01. The molecule has 1 rings (SSSR count). The molecule has 0 aliphatic carbocycles. The van der Waals surface area contributed by atoms with Gasteiger partial charge in [-0.3, -0.25) is 4.98 Å². The van der Waals surface area contributed by atoms with Crippen LogP contribution in [-0.4, -0.2) is 21.1 Å². The van der Waals surface area contributed by atoms with Crippen LogP contribution in [0.3, 0.4) is 0 Å². The van der Waals surface area contributed by atoms with Crippen molar-refractivity contribution < 1.29 is 0 Å². The molecule has 1 nitrogen and oxygen atoms in total. The number of hydrogen-bond acceptors (Lipinski definition) is 1. The second-order valence-electron chi connectivity index (χ2n) is 5.91. The van der Waals surface area contributed by atoms with E-state index in [-0.39, 0.29) is 0 Å². The van der Waals surface area contributed by atoms with Crippen LogP contribution in [0.15, 0.2) is 18.2 Å². The van der Waals surface area contributed by atoms with Gasteiger partial charge in [0.1, 0.15) is 16.1 Å². The summed E-state index contributed by atoms with van der Waals surface area (Å²) >= 11 is 0. The van der Waals surface area contributed by atoms with E-state index in [2.05, 4.69) is 57.5 Å². The molecule has 0 aliphatic rings. The summed E-state index contributed by atoms with van der Waals surface area (Å²) in [7, 11) is -2.46. The summed E-state index contributed by atoms with van der Waals surface area (Å²) < 4.78 is 0. The lowest BCUT2D eigenvalue weighted by Gasteiger charge is -2.20. The van der Waals surface area contributed by atoms with Crippen LogP contribution >= 0.6 is 0 Å². The van der Waals surface area contributed by atoms with Gasteiger partial charge in [0.15, 0.2) is 0 Å². The number of nitrogens with zero attached hydrogens (tertiary/aromatic N) is 1. The lowest BCUT2D eigenvalue weighted by Crippen LogP contribution is -2.48. The predicted molar refractivity (Wildman–Crippen MR) is 70.2 cm³/mol. The largest absolute Gasteiger partial charge is 0.268 e. The van der Waals surface area contributed by atoms with Crippen molar-refractivity contribution >= 4 is 26.8 Å².